The minimum absolute atomic E-state index is 0.382. The molecule has 0 aliphatic carbocycles. The van der Waals surface area contributed by atoms with E-state index >= 15 is 0 Å². The molecule has 2 aliphatic rings. The van der Waals surface area contributed by atoms with E-state index in [4.69, 9.17) is 10.5 Å². The van der Waals surface area contributed by atoms with Crippen molar-refractivity contribution in [3.05, 3.63) is 0 Å². The lowest BCUT2D eigenvalue weighted by atomic mass is 9.79. The maximum absolute atomic E-state index is 6.43. The van der Waals surface area contributed by atoms with Crippen LogP contribution in [-0.2, 0) is 4.74 Å². The molecule has 100 valence electrons. The fourth-order valence-electron chi connectivity index (χ4n) is 3.67. The lowest BCUT2D eigenvalue weighted by Gasteiger charge is -2.28. The van der Waals surface area contributed by atoms with Crippen molar-refractivity contribution in [3.63, 3.8) is 0 Å². The quantitative estimate of drug-likeness (QED) is 0.738. The average Bonchev–Trinajstić information content (AvgIpc) is 2.96. The molecule has 2 aliphatic heterocycles. The van der Waals surface area contributed by atoms with E-state index in [9.17, 15) is 0 Å². The van der Waals surface area contributed by atoms with Gasteiger partial charge in [-0.15, -0.1) is 0 Å². The van der Waals surface area contributed by atoms with Crippen molar-refractivity contribution in [2.24, 2.45) is 17.6 Å². The maximum atomic E-state index is 6.43. The molecule has 2 heteroatoms. The number of hydrogen-bond donors (Lipinski definition) is 1. The van der Waals surface area contributed by atoms with E-state index in [1.165, 1.54) is 51.4 Å². The highest BCUT2D eigenvalue weighted by molar-refractivity contribution is 4.94. The first-order valence-electron chi connectivity index (χ1n) is 7.65. The van der Waals surface area contributed by atoms with E-state index in [0.717, 1.165) is 5.92 Å². The molecule has 2 nitrogen and oxygen atoms in total. The molecule has 2 heterocycles. The molecule has 0 radical (unpaired) electrons. The van der Waals surface area contributed by atoms with Crippen LogP contribution in [0.15, 0.2) is 0 Å². The van der Waals surface area contributed by atoms with Crippen molar-refractivity contribution >= 4 is 0 Å². The molecule has 0 aromatic rings. The lowest BCUT2D eigenvalue weighted by molar-refractivity contribution is 0.0865. The van der Waals surface area contributed by atoms with Crippen LogP contribution in [0.2, 0.25) is 0 Å². The first-order chi connectivity index (χ1) is 8.24. The van der Waals surface area contributed by atoms with Crippen molar-refractivity contribution in [1.29, 1.82) is 0 Å². The van der Waals surface area contributed by atoms with Crippen molar-refractivity contribution in [1.82, 2.24) is 0 Å². The smallest absolute Gasteiger partial charge is 0.0623 e. The van der Waals surface area contributed by atoms with Gasteiger partial charge in [0.05, 0.1) is 12.2 Å². The van der Waals surface area contributed by atoms with Gasteiger partial charge in [0.2, 0.25) is 0 Å². The van der Waals surface area contributed by atoms with Crippen LogP contribution in [0.5, 0.6) is 0 Å². The standard InChI is InChI=1S/C15H29NO/c1-3-5-6-11(4-2)9-14(16)13-10-12-7-8-15(13)17-12/h11-15H,3-10,16H2,1-2H3. The summed E-state index contributed by atoms with van der Waals surface area (Å²) < 4.78 is 5.92. The maximum Gasteiger partial charge on any atom is 0.0623 e. The van der Waals surface area contributed by atoms with Crippen LogP contribution in [0.25, 0.3) is 0 Å². The number of fused-ring (bicyclic) bond motifs is 2. The second-order valence-electron chi connectivity index (χ2n) is 6.09. The van der Waals surface area contributed by atoms with Gasteiger partial charge in [0.15, 0.2) is 0 Å². The molecular weight excluding hydrogens is 210 g/mol. The second kappa shape index (κ2) is 6.19. The predicted octanol–water partition coefficient (Wildman–Crippen LogP) is 3.49. The molecule has 5 atom stereocenters. The number of hydrogen-bond acceptors (Lipinski definition) is 2. The Morgan fingerprint density at radius 1 is 1.29 bits per heavy atom. The summed E-state index contributed by atoms with van der Waals surface area (Å²) in [6.07, 6.45) is 11.4. The van der Waals surface area contributed by atoms with Crippen LogP contribution in [0.3, 0.4) is 0 Å². The van der Waals surface area contributed by atoms with Gasteiger partial charge in [-0.05, 0) is 31.6 Å². The van der Waals surface area contributed by atoms with E-state index in [1.807, 2.05) is 0 Å². The SMILES string of the molecule is CCCCC(CC)CC(N)C1CC2CCC1O2. The van der Waals surface area contributed by atoms with Gasteiger partial charge in [0, 0.05) is 12.0 Å². The fraction of sp³-hybridized carbons (Fsp3) is 1.00. The first kappa shape index (κ1) is 13.4. The lowest BCUT2D eigenvalue weighted by Crippen LogP contribution is -2.37. The number of ether oxygens (including phenoxy) is 1. The Morgan fingerprint density at radius 2 is 2.12 bits per heavy atom. The third kappa shape index (κ3) is 3.23. The summed E-state index contributed by atoms with van der Waals surface area (Å²) in [6, 6.07) is 0.382. The zero-order valence-corrected chi connectivity index (χ0v) is 11.5. The predicted molar refractivity (Wildman–Crippen MR) is 71.9 cm³/mol. The van der Waals surface area contributed by atoms with Crippen LogP contribution in [0.1, 0.15) is 65.2 Å². The number of unbranched alkanes of at least 4 members (excludes halogenated alkanes) is 1. The van der Waals surface area contributed by atoms with Gasteiger partial charge in [-0.25, -0.2) is 0 Å². The highest BCUT2D eigenvalue weighted by Gasteiger charge is 2.43. The van der Waals surface area contributed by atoms with Gasteiger partial charge in [-0.1, -0.05) is 39.5 Å². The molecule has 2 bridgehead atoms. The van der Waals surface area contributed by atoms with Crippen LogP contribution < -0.4 is 5.73 Å². The third-order valence-electron chi connectivity index (χ3n) is 4.85. The van der Waals surface area contributed by atoms with E-state index in [0.29, 0.717) is 24.2 Å². The Hall–Kier alpha value is -0.0800. The van der Waals surface area contributed by atoms with Gasteiger partial charge in [-0.2, -0.15) is 0 Å². The van der Waals surface area contributed by atoms with Gasteiger partial charge in [-0.3, -0.25) is 0 Å². The van der Waals surface area contributed by atoms with Crippen molar-refractivity contribution < 1.29 is 4.74 Å². The monoisotopic (exact) mass is 239 g/mol. The highest BCUT2D eigenvalue weighted by atomic mass is 16.5. The minimum Gasteiger partial charge on any atom is -0.375 e. The summed E-state index contributed by atoms with van der Waals surface area (Å²) in [5.41, 5.74) is 6.43. The summed E-state index contributed by atoms with van der Waals surface area (Å²) in [5.74, 6) is 1.49. The molecule has 17 heavy (non-hydrogen) atoms. The normalized spacial score (nSPS) is 35.1. The summed E-state index contributed by atoms with van der Waals surface area (Å²) >= 11 is 0. The zero-order chi connectivity index (χ0) is 12.3. The van der Waals surface area contributed by atoms with Gasteiger partial charge >= 0.3 is 0 Å². The molecule has 0 aromatic carbocycles. The van der Waals surface area contributed by atoms with Crippen LogP contribution in [0, 0.1) is 11.8 Å². The van der Waals surface area contributed by atoms with E-state index in [2.05, 4.69) is 13.8 Å². The third-order valence-corrected chi connectivity index (χ3v) is 4.85. The fourth-order valence-corrected chi connectivity index (χ4v) is 3.67. The molecule has 5 unspecified atom stereocenters. The number of nitrogens with two attached hydrogens (primary N) is 1. The van der Waals surface area contributed by atoms with Crippen LogP contribution in [-0.4, -0.2) is 18.2 Å². The molecular formula is C15H29NO. The van der Waals surface area contributed by atoms with E-state index in [1.54, 1.807) is 0 Å². The second-order valence-corrected chi connectivity index (χ2v) is 6.09. The molecule has 2 rings (SSSR count). The Balaban J connectivity index is 1.77. The topological polar surface area (TPSA) is 35.2 Å². The van der Waals surface area contributed by atoms with Crippen molar-refractivity contribution in [2.75, 3.05) is 0 Å². The molecule has 2 N–H and O–H groups in total. The van der Waals surface area contributed by atoms with Crippen LogP contribution in [0.4, 0.5) is 0 Å². The molecule has 0 saturated carbocycles. The first-order valence-corrected chi connectivity index (χ1v) is 7.65. The Labute approximate surface area is 106 Å². The highest BCUT2D eigenvalue weighted by Crippen LogP contribution is 2.41. The zero-order valence-electron chi connectivity index (χ0n) is 11.5. The molecule has 0 amide bonds. The van der Waals surface area contributed by atoms with Crippen molar-refractivity contribution in [3.8, 4) is 0 Å². The number of rotatable bonds is 7. The Bertz CT molecular complexity index is 231. The average molecular weight is 239 g/mol. The minimum atomic E-state index is 0.382. The largest absolute Gasteiger partial charge is 0.375 e. The molecule has 0 aromatic heterocycles. The summed E-state index contributed by atoms with van der Waals surface area (Å²) in [6.45, 7) is 4.58. The van der Waals surface area contributed by atoms with E-state index < -0.39 is 0 Å². The summed E-state index contributed by atoms with van der Waals surface area (Å²) in [5, 5.41) is 0. The molecule has 2 fully saturated rings. The summed E-state index contributed by atoms with van der Waals surface area (Å²) in [7, 11) is 0. The van der Waals surface area contributed by atoms with Gasteiger partial charge in [0.1, 0.15) is 0 Å². The molecule has 0 spiro atoms. The van der Waals surface area contributed by atoms with Gasteiger partial charge < -0.3 is 10.5 Å². The van der Waals surface area contributed by atoms with E-state index in [-0.39, 0.29) is 0 Å². The van der Waals surface area contributed by atoms with Crippen LogP contribution >= 0.6 is 0 Å². The van der Waals surface area contributed by atoms with Crippen molar-refractivity contribution in [2.45, 2.75) is 83.5 Å². The molecule has 2 saturated heterocycles. The Kier molecular flexibility index (Phi) is 4.87. The van der Waals surface area contributed by atoms with Gasteiger partial charge in [0.25, 0.3) is 0 Å². The Morgan fingerprint density at radius 3 is 2.65 bits per heavy atom. The summed E-state index contributed by atoms with van der Waals surface area (Å²) in [4.78, 5) is 0.